The van der Waals surface area contributed by atoms with Crippen LogP contribution in [0.2, 0.25) is 0 Å². The summed E-state index contributed by atoms with van der Waals surface area (Å²) in [7, 11) is 0. The summed E-state index contributed by atoms with van der Waals surface area (Å²) in [6, 6.07) is 7.90. The maximum atomic E-state index is 12.3. The van der Waals surface area contributed by atoms with E-state index in [4.69, 9.17) is 26.2 Å². The lowest BCUT2D eigenvalue weighted by molar-refractivity contribution is 0.0519. The number of aromatic nitrogens is 2. The highest BCUT2D eigenvalue weighted by molar-refractivity contribution is 5.97. The predicted octanol–water partition coefficient (Wildman–Crippen LogP) is 1.21. The Kier molecular flexibility index (Phi) is 6.70. The van der Waals surface area contributed by atoms with Gasteiger partial charge in [0, 0.05) is 5.56 Å². The van der Waals surface area contributed by atoms with Gasteiger partial charge in [-0.05, 0) is 26.0 Å². The number of carbonyl (C=O) groups is 2. The zero-order valence-corrected chi connectivity index (χ0v) is 15.4. The van der Waals surface area contributed by atoms with Gasteiger partial charge in [0.2, 0.25) is 5.88 Å². The molecule has 0 radical (unpaired) electrons. The average molecular weight is 384 g/mol. The number of urea groups is 1. The van der Waals surface area contributed by atoms with Gasteiger partial charge in [-0.15, -0.1) is 0 Å². The summed E-state index contributed by atoms with van der Waals surface area (Å²) in [6.45, 7) is 3.51. The number of esters is 1. The minimum Gasteiger partial charge on any atom is -0.472 e. The molecule has 2 aromatic rings. The molecule has 0 spiro atoms. The van der Waals surface area contributed by atoms with Gasteiger partial charge in [0.1, 0.15) is 11.9 Å². The van der Waals surface area contributed by atoms with Gasteiger partial charge in [0.25, 0.3) is 0 Å². The third kappa shape index (κ3) is 5.07. The first-order valence-corrected chi connectivity index (χ1v) is 8.40. The molecule has 146 valence electrons. The molecule has 0 fully saturated rings. The fourth-order valence-electron chi connectivity index (χ4n) is 2.27. The molecule has 0 aliphatic rings. The molecule has 0 saturated carbocycles. The molecule has 0 aliphatic heterocycles. The van der Waals surface area contributed by atoms with Gasteiger partial charge < -0.3 is 26.3 Å². The minimum atomic E-state index is -0.734. The number of anilines is 1. The molecule has 28 heavy (non-hydrogen) atoms. The quantitative estimate of drug-likeness (QED) is 0.599. The van der Waals surface area contributed by atoms with Crippen LogP contribution in [0.4, 0.5) is 10.6 Å². The van der Waals surface area contributed by atoms with Crippen LogP contribution in [-0.2, 0) is 4.74 Å². The Morgan fingerprint density at radius 3 is 2.75 bits per heavy atom. The molecule has 0 unspecified atom stereocenters. The number of hydrogen-bond donors (Lipinski definition) is 3. The van der Waals surface area contributed by atoms with E-state index in [0.717, 1.165) is 0 Å². The summed E-state index contributed by atoms with van der Waals surface area (Å²) in [5, 5.41) is 11.5. The minimum absolute atomic E-state index is 0.0841. The van der Waals surface area contributed by atoms with Crippen molar-refractivity contribution in [2.75, 3.05) is 18.9 Å². The molecule has 1 aromatic carbocycles. The van der Waals surface area contributed by atoms with E-state index in [0.29, 0.717) is 11.1 Å². The molecule has 1 heterocycles. The van der Waals surface area contributed by atoms with Crippen LogP contribution >= 0.6 is 0 Å². The van der Waals surface area contributed by atoms with Crippen LogP contribution in [0.15, 0.2) is 24.3 Å². The maximum Gasteiger partial charge on any atom is 0.347 e. The zero-order chi connectivity index (χ0) is 20.7. The predicted molar refractivity (Wildman–Crippen MR) is 100 cm³/mol. The Labute approximate surface area is 161 Å². The Morgan fingerprint density at radius 1 is 1.36 bits per heavy atom. The second kappa shape index (κ2) is 9.18. The lowest BCUT2D eigenvalue weighted by Crippen LogP contribution is -2.37. The number of amides is 2. The number of nitriles is 1. The number of rotatable bonds is 7. The number of ether oxygens (including phenoxy) is 2. The SMILES string of the molecule is CCOC(=O)c1c(N)nc(-c2cccc(C#N)c2)nc1O[C@@H](C)CNC(N)=O. The summed E-state index contributed by atoms with van der Waals surface area (Å²) in [4.78, 5) is 31.6. The van der Waals surface area contributed by atoms with Crippen molar-refractivity contribution in [1.29, 1.82) is 5.26 Å². The van der Waals surface area contributed by atoms with Gasteiger partial charge in [-0.2, -0.15) is 10.2 Å². The van der Waals surface area contributed by atoms with E-state index in [-0.39, 0.29) is 36.2 Å². The fraction of sp³-hybridized carbons (Fsp3) is 0.278. The number of carbonyl (C=O) groups excluding carboxylic acids is 2. The van der Waals surface area contributed by atoms with Crippen molar-refractivity contribution in [3.63, 3.8) is 0 Å². The Balaban J connectivity index is 2.47. The first kappa shape index (κ1) is 20.4. The van der Waals surface area contributed by atoms with Gasteiger partial charge in [-0.1, -0.05) is 12.1 Å². The molecule has 0 saturated heterocycles. The Morgan fingerprint density at radius 2 is 2.11 bits per heavy atom. The lowest BCUT2D eigenvalue weighted by Gasteiger charge is -2.17. The van der Waals surface area contributed by atoms with Crippen molar-refractivity contribution in [2.24, 2.45) is 5.73 Å². The molecule has 10 heteroatoms. The zero-order valence-electron chi connectivity index (χ0n) is 15.4. The van der Waals surface area contributed by atoms with E-state index >= 15 is 0 Å². The van der Waals surface area contributed by atoms with E-state index in [1.165, 1.54) is 0 Å². The van der Waals surface area contributed by atoms with Crippen LogP contribution in [0.25, 0.3) is 11.4 Å². The van der Waals surface area contributed by atoms with Gasteiger partial charge in [0.15, 0.2) is 11.4 Å². The summed E-state index contributed by atoms with van der Waals surface area (Å²) < 4.78 is 10.7. The molecule has 0 bridgehead atoms. The smallest absolute Gasteiger partial charge is 0.347 e. The topological polar surface area (TPSA) is 166 Å². The second-order valence-corrected chi connectivity index (χ2v) is 5.70. The van der Waals surface area contributed by atoms with E-state index in [2.05, 4.69) is 15.3 Å². The van der Waals surface area contributed by atoms with E-state index in [1.807, 2.05) is 6.07 Å². The molecular weight excluding hydrogens is 364 g/mol. The van der Waals surface area contributed by atoms with Crippen molar-refractivity contribution in [3.05, 3.63) is 35.4 Å². The van der Waals surface area contributed by atoms with Gasteiger partial charge in [0.05, 0.1) is 24.8 Å². The highest BCUT2D eigenvalue weighted by Crippen LogP contribution is 2.27. The van der Waals surface area contributed by atoms with Crippen LogP contribution in [0.1, 0.15) is 29.8 Å². The van der Waals surface area contributed by atoms with E-state index in [1.54, 1.807) is 38.1 Å². The molecule has 5 N–H and O–H groups in total. The highest BCUT2D eigenvalue weighted by Gasteiger charge is 2.24. The number of nitrogens with one attached hydrogen (secondary N) is 1. The van der Waals surface area contributed by atoms with Crippen LogP contribution in [0.5, 0.6) is 5.88 Å². The lowest BCUT2D eigenvalue weighted by atomic mass is 10.1. The van der Waals surface area contributed by atoms with E-state index < -0.39 is 18.1 Å². The number of benzene rings is 1. The summed E-state index contributed by atoms with van der Waals surface area (Å²) >= 11 is 0. The number of hydrogen-bond acceptors (Lipinski definition) is 8. The van der Waals surface area contributed by atoms with E-state index in [9.17, 15) is 9.59 Å². The summed E-state index contributed by atoms with van der Waals surface area (Å²) in [5.74, 6) is -0.784. The number of nitrogens with zero attached hydrogens (tertiary/aromatic N) is 3. The summed E-state index contributed by atoms with van der Waals surface area (Å²) in [5.41, 5.74) is 11.8. The van der Waals surface area contributed by atoms with Gasteiger partial charge >= 0.3 is 12.0 Å². The number of primary amides is 1. The average Bonchev–Trinajstić information content (AvgIpc) is 2.66. The van der Waals surface area contributed by atoms with Gasteiger partial charge in [-0.3, -0.25) is 0 Å². The van der Waals surface area contributed by atoms with Crippen LogP contribution in [0, 0.1) is 11.3 Å². The molecule has 10 nitrogen and oxygen atoms in total. The van der Waals surface area contributed by atoms with Gasteiger partial charge in [-0.25, -0.2) is 14.6 Å². The third-order valence-electron chi connectivity index (χ3n) is 3.51. The molecule has 0 aliphatic carbocycles. The Bertz CT molecular complexity index is 925. The van der Waals surface area contributed by atoms with Crippen LogP contribution in [0.3, 0.4) is 0 Å². The standard InChI is InChI=1S/C18H20N6O4/c1-3-27-17(25)13-14(20)23-15(12-6-4-5-11(7-12)8-19)24-16(13)28-10(2)9-22-18(21)26/h4-7,10H,3,9H2,1-2H3,(H2,20,23,24)(H3,21,22,26)/t10-/m0/s1. The largest absolute Gasteiger partial charge is 0.472 e. The van der Waals surface area contributed by atoms with Crippen molar-refractivity contribution < 1.29 is 19.1 Å². The van der Waals surface area contributed by atoms with Crippen molar-refractivity contribution in [2.45, 2.75) is 20.0 Å². The highest BCUT2D eigenvalue weighted by atomic mass is 16.5. The molecule has 2 amide bonds. The summed E-state index contributed by atoms with van der Waals surface area (Å²) in [6.07, 6.45) is -0.576. The normalized spacial score (nSPS) is 11.2. The molecule has 1 atom stereocenters. The molecule has 2 rings (SSSR count). The third-order valence-corrected chi connectivity index (χ3v) is 3.51. The number of nitrogens with two attached hydrogens (primary N) is 2. The first-order chi connectivity index (χ1) is 13.3. The van der Waals surface area contributed by atoms with Crippen molar-refractivity contribution in [3.8, 4) is 23.3 Å². The van der Waals surface area contributed by atoms with Crippen LogP contribution in [-0.4, -0.2) is 41.2 Å². The second-order valence-electron chi connectivity index (χ2n) is 5.70. The van der Waals surface area contributed by atoms with Crippen LogP contribution < -0.4 is 21.5 Å². The fourth-order valence-corrected chi connectivity index (χ4v) is 2.27. The molecular formula is C18H20N6O4. The molecule has 1 aromatic heterocycles. The Hall–Kier alpha value is -3.87. The maximum absolute atomic E-state index is 12.3. The van der Waals surface area contributed by atoms with Crippen molar-refractivity contribution in [1.82, 2.24) is 15.3 Å². The monoisotopic (exact) mass is 384 g/mol. The van der Waals surface area contributed by atoms with Crippen molar-refractivity contribution >= 4 is 17.8 Å². The first-order valence-electron chi connectivity index (χ1n) is 8.40. The number of nitrogen functional groups attached to an aromatic ring is 1.